The number of carbonyl (C=O) groups excluding carboxylic acids is 2. The van der Waals surface area contributed by atoms with Crippen molar-refractivity contribution in [2.75, 3.05) is 23.8 Å². The minimum absolute atomic E-state index is 0.00837. The molecule has 3 aromatic rings. The molecule has 0 aliphatic rings. The number of nitrogens with zero attached hydrogens (tertiary/aromatic N) is 2. The monoisotopic (exact) mass is 425 g/mol. The van der Waals surface area contributed by atoms with Crippen molar-refractivity contribution in [1.82, 2.24) is 4.98 Å². The molecule has 30 heavy (non-hydrogen) atoms. The summed E-state index contributed by atoms with van der Waals surface area (Å²) < 4.78 is 31.7. The molecule has 0 saturated carbocycles. The summed E-state index contributed by atoms with van der Waals surface area (Å²) in [6, 6.07) is 17.3. The normalized spacial score (nSPS) is 10.9. The van der Waals surface area contributed by atoms with E-state index in [4.69, 9.17) is 0 Å². The molecule has 1 amide bonds. The van der Waals surface area contributed by atoms with Crippen LogP contribution in [0.4, 0.5) is 11.4 Å². The van der Waals surface area contributed by atoms with Gasteiger partial charge >= 0.3 is 5.97 Å². The molecule has 0 spiro atoms. The number of methoxy groups -OCH3 is 1. The van der Waals surface area contributed by atoms with Crippen LogP contribution in [0.15, 0.2) is 77.8 Å². The number of ether oxygens (including phenoxy) is 1. The van der Waals surface area contributed by atoms with Crippen molar-refractivity contribution in [2.45, 2.75) is 4.90 Å². The fourth-order valence-electron chi connectivity index (χ4n) is 2.66. The third kappa shape index (κ3) is 4.47. The number of rotatable bonds is 6. The SMILES string of the molecule is COC(=O)c1cc(C(=O)Nc2cccc(S(=O)(=O)N(C)c3ccccc3)c2)ccn1. The van der Waals surface area contributed by atoms with Gasteiger partial charge in [-0.05, 0) is 42.5 Å². The zero-order valence-corrected chi connectivity index (χ0v) is 17.1. The van der Waals surface area contributed by atoms with E-state index in [0.717, 1.165) is 0 Å². The van der Waals surface area contributed by atoms with Crippen molar-refractivity contribution in [3.63, 3.8) is 0 Å². The van der Waals surface area contributed by atoms with Crippen LogP contribution in [-0.4, -0.2) is 39.4 Å². The van der Waals surface area contributed by atoms with Gasteiger partial charge in [-0.2, -0.15) is 0 Å². The molecule has 0 aliphatic heterocycles. The van der Waals surface area contributed by atoms with E-state index < -0.39 is 21.9 Å². The number of nitrogens with one attached hydrogen (secondary N) is 1. The first kappa shape index (κ1) is 21.0. The highest BCUT2D eigenvalue weighted by Gasteiger charge is 2.22. The predicted octanol–water partition coefficient (Wildman–Crippen LogP) is 2.95. The van der Waals surface area contributed by atoms with E-state index >= 15 is 0 Å². The Balaban J connectivity index is 1.84. The topological polar surface area (TPSA) is 106 Å². The Bertz CT molecular complexity index is 1180. The molecular weight excluding hydrogens is 406 g/mol. The maximum Gasteiger partial charge on any atom is 0.356 e. The molecule has 1 aromatic heterocycles. The molecule has 0 fully saturated rings. The number of pyridine rings is 1. The molecular formula is C21H19N3O5S. The van der Waals surface area contributed by atoms with Gasteiger partial charge in [-0.1, -0.05) is 24.3 Å². The maximum absolute atomic E-state index is 12.9. The molecule has 8 nitrogen and oxygen atoms in total. The average molecular weight is 425 g/mol. The largest absolute Gasteiger partial charge is 0.464 e. The van der Waals surface area contributed by atoms with Crippen LogP contribution >= 0.6 is 0 Å². The van der Waals surface area contributed by atoms with Crippen LogP contribution in [-0.2, 0) is 14.8 Å². The van der Waals surface area contributed by atoms with Crippen molar-refractivity contribution in [3.8, 4) is 0 Å². The first-order valence-electron chi connectivity index (χ1n) is 8.82. The number of para-hydroxylation sites is 1. The maximum atomic E-state index is 12.9. The molecule has 0 radical (unpaired) electrons. The second kappa shape index (κ2) is 8.75. The Morgan fingerprint density at radius 3 is 2.43 bits per heavy atom. The lowest BCUT2D eigenvalue weighted by Crippen LogP contribution is -2.26. The van der Waals surface area contributed by atoms with E-state index in [0.29, 0.717) is 11.4 Å². The lowest BCUT2D eigenvalue weighted by atomic mass is 10.2. The van der Waals surface area contributed by atoms with Gasteiger partial charge in [-0.3, -0.25) is 9.10 Å². The van der Waals surface area contributed by atoms with Gasteiger partial charge in [0.05, 0.1) is 17.7 Å². The lowest BCUT2D eigenvalue weighted by molar-refractivity contribution is 0.0594. The summed E-state index contributed by atoms with van der Waals surface area (Å²) in [6.07, 6.45) is 1.32. The fourth-order valence-corrected chi connectivity index (χ4v) is 3.90. The molecule has 154 valence electrons. The van der Waals surface area contributed by atoms with Crippen molar-refractivity contribution < 1.29 is 22.7 Å². The molecule has 0 atom stereocenters. The van der Waals surface area contributed by atoms with Crippen LogP contribution in [0.1, 0.15) is 20.8 Å². The van der Waals surface area contributed by atoms with Gasteiger partial charge in [0.1, 0.15) is 5.69 Å². The van der Waals surface area contributed by atoms with E-state index in [1.807, 2.05) is 0 Å². The Hall–Kier alpha value is -3.72. The molecule has 3 rings (SSSR count). The van der Waals surface area contributed by atoms with Gasteiger partial charge in [-0.15, -0.1) is 0 Å². The minimum Gasteiger partial charge on any atom is -0.464 e. The Kier molecular flexibility index (Phi) is 6.12. The fraction of sp³-hybridized carbons (Fsp3) is 0.0952. The summed E-state index contributed by atoms with van der Waals surface area (Å²) in [7, 11) is -1.15. The van der Waals surface area contributed by atoms with Crippen molar-refractivity contribution in [2.24, 2.45) is 0 Å². The van der Waals surface area contributed by atoms with Crippen LogP contribution in [0.5, 0.6) is 0 Å². The Labute approximate surface area is 174 Å². The number of hydrogen-bond acceptors (Lipinski definition) is 6. The van der Waals surface area contributed by atoms with Gasteiger partial charge in [0.25, 0.3) is 15.9 Å². The molecule has 0 unspecified atom stereocenters. The van der Waals surface area contributed by atoms with E-state index in [2.05, 4.69) is 15.0 Å². The number of amides is 1. The number of esters is 1. The van der Waals surface area contributed by atoms with Gasteiger partial charge in [0, 0.05) is 24.5 Å². The van der Waals surface area contributed by atoms with Crippen LogP contribution in [0.25, 0.3) is 0 Å². The third-order valence-corrected chi connectivity index (χ3v) is 6.07. The summed E-state index contributed by atoms with van der Waals surface area (Å²) in [5.41, 5.74) is 0.976. The first-order valence-corrected chi connectivity index (χ1v) is 10.3. The number of hydrogen-bond donors (Lipinski definition) is 1. The highest BCUT2D eigenvalue weighted by atomic mass is 32.2. The highest BCUT2D eigenvalue weighted by molar-refractivity contribution is 7.92. The van der Waals surface area contributed by atoms with Crippen LogP contribution < -0.4 is 9.62 Å². The van der Waals surface area contributed by atoms with Gasteiger partial charge in [0.15, 0.2) is 0 Å². The minimum atomic E-state index is -3.83. The van der Waals surface area contributed by atoms with E-state index in [-0.39, 0.29) is 16.2 Å². The molecule has 0 bridgehead atoms. The Morgan fingerprint density at radius 2 is 1.73 bits per heavy atom. The quantitative estimate of drug-likeness (QED) is 0.609. The zero-order chi connectivity index (χ0) is 21.7. The van der Waals surface area contributed by atoms with Crippen LogP contribution in [0, 0.1) is 0 Å². The molecule has 2 aromatic carbocycles. The smallest absolute Gasteiger partial charge is 0.356 e. The van der Waals surface area contributed by atoms with Crippen molar-refractivity contribution in [3.05, 3.63) is 84.2 Å². The molecule has 9 heteroatoms. The van der Waals surface area contributed by atoms with Crippen LogP contribution in [0.2, 0.25) is 0 Å². The summed E-state index contributed by atoms with van der Waals surface area (Å²) in [4.78, 5) is 28.0. The third-order valence-electron chi connectivity index (χ3n) is 4.29. The highest BCUT2D eigenvalue weighted by Crippen LogP contribution is 2.24. The van der Waals surface area contributed by atoms with Crippen molar-refractivity contribution >= 4 is 33.3 Å². The first-order chi connectivity index (χ1) is 14.3. The number of benzene rings is 2. The van der Waals surface area contributed by atoms with Crippen LogP contribution in [0.3, 0.4) is 0 Å². The summed E-state index contributed by atoms with van der Waals surface area (Å²) in [5.74, 6) is -1.18. The Morgan fingerprint density at radius 1 is 1.00 bits per heavy atom. The van der Waals surface area contributed by atoms with E-state index in [9.17, 15) is 18.0 Å². The summed E-state index contributed by atoms with van der Waals surface area (Å²) >= 11 is 0. The molecule has 0 saturated heterocycles. The summed E-state index contributed by atoms with van der Waals surface area (Å²) in [6.45, 7) is 0. The van der Waals surface area contributed by atoms with Crippen molar-refractivity contribution in [1.29, 1.82) is 0 Å². The standard InChI is InChI=1S/C21H19N3O5S/c1-24(17-8-4-3-5-9-17)30(27,28)18-10-6-7-16(14-18)23-20(25)15-11-12-22-19(13-15)21(26)29-2/h3-14H,1-2H3,(H,23,25). The van der Waals surface area contributed by atoms with Gasteiger partial charge in [0.2, 0.25) is 0 Å². The van der Waals surface area contributed by atoms with E-state index in [1.165, 1.54) is 55.0 Å². The molecule has 1 heterocycles. The predicted molar refractivity (Wildman–Crippen MR) is 112 cm³/mol. The van der Waals surface area contributed by atoms with Gasteiger partial charge < -0.3 is 10.1 Å². The second-order valence-electron chi connectivity index (χ2n) is 6.21. The number of sulfonamides is 1. The summed E-state index contributed by atoms with van der Waals surface area (Å²) in [5, 5.41) is 2.63. The average Bonchev–Trinajstić information content (AvgIpc) is 2.78. The van der Waals surface area contributed by atoms with Gasteiger partial charge in [-0.25, -0.2) is 18.2 Å². The number of aromatic nitrogens is 1. The number of anilines is 2. The molecule has 0 aliphatic carbocycles. The second-order valence-corrected chi connectivity index (χ2v) is 8.18. The zero-order valence-electron chi connectivity index (χ0n) is 16.3. The lowest BCUT2D eigenvalue weighted by Gasteiger charge is -2.19. The van der Waals surface area contributed by atoms with E-state index in [1.54, 1.807) is 36.4 Å². The number of carbonyl (C=O) groups is 2. The molecule has 1 N–H and O–H groups in total.